The van der Waals surface area contributed by atoms with Crippen LogP contribution in [0.4, 0.5) is 39.5 Å². The summed E-state index contributed by atoms with van der Waals surface area (Å²) in [5.74, 6) is -15.8. The lowest BCUT2D eigenvalue weighted by Crippen LogP contribution is -2.63. The van der Waals surface area contributed by atoms with Gasteiger partial charge in [-0.25, -0.2) is 9.97 Å². The molecule has 18 aromatic rings. The quantitative estimate of drug-likeness (QED) is 0.0632. The lowest BCUT2D eigenvalue weighted by atomic mass is 9.70. The van der Waals surface area contributed by atoms with E-state index in [-0.39, 0.29) is 23.7 Å². The van der Waals surface area contributed by atoms with Crippen LogP contribution in [0.25, 0.3) is 145 Å². The maximum Gasteiger partial charge on any atom is 0.494 e. The van der Waals surface area contributed by atoms with Gasteiger partial charge in [-0.3, -0.25) is 9.97 Å². The number of para-hydroxylation sites is 2. The summed E-state index contributed by atoms with van der Waals surface area (Å²) in [5, 5.41) is -4.72. The van der Waals surface area contributed by atoms with Crippen molar-refractivity contribution >= 4 is 44.5 Å². The van der Waals surface area contributed by atoms with Crippen LogP contribution in [-0.2, 0) is 30.3 Å². The zero-order chi connectivity index (χ0) is 91.1. The van der Waals surface area contributed by atoms with E-state index in [4.69, 9.17) is 19.3 Å². The molecule has 132 heavy (non-hydrogen) atoms. The van der Waals surface area contributed by atoms with E-state index >= 15 is 0 Å². The number of hydrogen-bond donors (Lipinski definition) is 0. The molecule has 646 valence electrons. The van der Waals surface area contributed by atoms with Crippen molar-refractivity contribution in [2.45, 2.75) is 73.0 Å². The molecule has 0 radical (unpaired) electrons. The summed E-state index contributed by atoms with van der Waals surface area (Å²) in [6, 6.07) is 127. The van der Waals surface area contributed by atoms with Crippen LogP contribution in [0.3, 0.4) is 0 Å². The molecule has 1 fully saturated rings. The summed E-state index contributed by atoms with van der Waals surface area (Å²) in [6.45, 7) is 8.29. The van der Waals surface area contributed by atoms with Gasteiger partial charge >= 0.3 is 40.5 Å². The van der Waals surface area contributed by atoms with Crippen LogP contribution in [0.2, 0.25) is 0 Å². The lowest BCUT2D eigenvalue weighted by Gasteiger charge is -2.32. The second kappa shape index (κ2) is 31.6. The van der Waals surface area contributed by atoms with Crippen molar-refractivity contribution in [1.29, 1.82) is 0 Å². The van der Waals surface area contributed by atoms with Crippen LogP contribution in [-0.4, -0.2) is 70.0 Å². The van der Waals surface area contributed by atoms with Gasteiger partial charge in [-0.2, -0.15) is 47.9 Å². The Kier molecular flexibility index (Phi) is 20.1. The molecule has 4 aliphatic carbocycles. The zero-order valence-electron chi connectivity index (χ0n) is 71.2. The van der Waals surface area contributed by atoms with Gasteiger partial charge in [-0.15, -0.1) is 0 Å². The molecule has 9 nitrogen and oxygen atoms in total. The number of nitrogens with zero attached hydrogens (tertiary/aromatic N) is 4. The van der Waals surface area contributed by atoms with Crippen molar-refractivity contribution in [3.8, 4) is 129 Å². The second-order valence-electron chi connectivity index (χ2n) is 34.4. The van der Waals surface area contributed by atoms with Gasteiger partial charge in [-0.1, -0.05) is 315 Å². The van der Waals surface area contributed by atoms with E-state index in [0.717, 1.165) is 129 Å². The fraction of sp³-hybridized carbons (Fsp3) is 0.107. The molecular formula is C112H76BF9N4O5S. The Morgan fingerprint density at radius 3 is 0.970 bits per heavy atom. The number of benzene rings is 14. The first-order valence-corrected chi connectivity index (χ1v) is 44.4. The van der Waals surface area contributed by atoms with E-state index in [2.05, 4.69) is 254 Å². The third kappa shape index (κ3) is 13.2. The highest BCUT2D eigenvalue weighted by Gasteiger charge is 2.86. The van der Waals surface area contributed by atoms with Crippen LogP contribution in [0.15, 0.2) is 389 Å². The van der Waals surface area contributed by atoms with E-state index in [0.29, 0.717) is 11.1 Å². The minimum absolute atomic E-state index is 0.338. The first-order chi connectivity index (χ1) is 63.6. The largest absolute Gasteiger partial charge is 0.494 e. The Balaban J connectivity index is 0.000000123. The molecule has 4 aromatic heterocycles. The molecular weight excluding hydrogens is 1700 g/mol. The van der Waals surface area contributed by atoms with Gasteiger partial charge in [0.1, 0.15) is 5.75 Å². The van der Waals surface area contributed by atoms with E-state index in [9.17, 15) is 47.9 Å². The lowest BCUT2D eigenvalue weighted by molar-refractivity contribution is -0.382. The number of rotatable bonds is 13. The van der Waals surface area contributed by atoms with Gasteiger partial charge in [0, 0.05) is 23.2 Å². The fourth-order valence-corrected chi connectivity index (χ4v) is 20.7. The van der Waals surface area contributed by atoms with Crippen molar-refractivity contribution in [3.63, 3.8) is 0 Å². The normalized spacial score (nSPS) is 14.8. The van der Waals surface area contributed by atoms with Crippen LogP contribution < -0.4 is 9.65 Å². The Morgan fingerprint density at radius 2 is 0.598 bits per heavy atom. The number of aromatic nitrogens is 4. The molecule has 0 amide bonds. The standard InChI is InChI=1S/C51H32N2.C35H19F9O3S.C26H25BN2O2/c1-5-17-43-38(12-1)39-13-2-6-18-44(39)51(43)45-19-7-3-15-41(45)50-37(16-11-20-46(50)51)35-27-23-33(24-28-35)34-25-29-36(30-26-34)42-32-49(48-22-9-10-31-52-48)53-47-21-8-4-14-40(42)47;36-32(37,34(40,41)42)33(38,39)35(43,44)48(45,46)47-21-18-16-20(17-19-21)22-11-7-15-29-30(22)25-10-3-6-14-28(25)31(29)26-12-4-1-8-23(26)24-9-2-5-13-27(24)31;1-25(2)26(3,4)31-27(30-25)19-14-12-18(13-15-19)21-17-24(23-11-7-8-16-28-23)29-22-10-6-5-9-20(21)22/h1-32H;1-19H;5-17H,1-4H3. The minimum Gasteiger partial charge on any atom is -0.399 e. The third-order valence-electron chi connectivity index (χ3n) is 26.6. The first kappa shape index (κ1) is 84.2. The topological polar surface area (TPSA) is 113 Å². The molecule has 5 aliphatic rings. The Labute approximate surface area is 755 Å². The third-order valence-corrected chi connectivity index (χ3v) is 27.9. The smallest absolute Gasteiger partial charge is 0.399 e. The highest BCUT2D eigenvalue weighted by atomic mass is 32.2. The van der Waals surface area contributed by atoms with Gasteiger partial charge in [-0.05, 0) is 238 Å². The summed E-state index contributed by atoms with van der Waals surface area (Å²) in [6.07, 6.45) is -3.57. The summed E-state index contributed by atoms with van der Waals surface area (Å²) >= 11 is 0. The molecule has 1 saturated heterocycles. The molecule has 0 N–H and O–H groups in total. The molecule has 23 rings (SSSR count). The van der Waals surface area contributed by atoms with E-state index < -0.39 is 44.6 Å². The number of halogens is 9. The van der Waals surface area contributed by atoms with Crippen molar-refractivity contribution < 1.29 is 61.4 Å². The molecule has 0 saturated carbocycles. The average Bonchev–Trinajstić information content (AvgIpc) is 1.51. The Bertz CT molecular complexity index is 7630. The van der Waals surface area contributed by atoms with Gasteiger partial charge < -0.3 is 13.5 Å². The summed E-state index contributed by atoms with van der Waals surface area (Å²) in [7, 11) is -7.44. The van der Waals surface area contributed by atoms with Gasteiger partial charge in [0.15, 0.2) is 0 Å². The van der Waals surface area contributed by atoms with Crippen molar-refractivity contribution in [2.24, 2.45) is 0 Å². The molecule has 14 aromatic carbocycles. The highest BCUT2D eigenvalue weighted by molar-refractivity contribution is 7.88. The summed E-state index contributed by atoms with van der Waals surface area (Å²) in [5.41, 5.74) is 33.7. The molecule has 20 heteroatoms. The number of alkyl halides is 9. The van der Waals surface area contributed by atoms with Gasteiger partial charge in [0.25, 0.3) is 0 Å². The molecule has 2 spiro atoms. The fourth-order valence-electron chi connectivity index (χ4n) is 19.8. The van der Waals surface area contributed by atoms with Crippen LogP contribution >= 0.6 is 0 Å². The van der Waals surface area contributed by atoms with E-state index in [1.165, 1.54) is 78.9 Å². The first-order valence-electron chi connectivity index (χ1n) is 43.0. The molecule has 0 bridgehead atoms. The van der Waals surface area contributed by atoms with Crippen LogP contribution in [0.1, 0.15) is 72.2 Å². The molecule has 0 atom stereocenters. The van der Waals surface area contributed by atoms with E-state index in [1.54, 1.807) is 12.3 Å². The number of pyridine rings is 4. The monoisotopic (exact) mass is 1770 g/mol. The highest BCUT2D eigenvalue weighted by Crippen LogP contribution is 2.67. The van der Waals surface area contributed by atoms with Crippen molar-refractivity contribution in [1.82, 2.24) is 19.9 Å². The van der Waals surface area contributed by atoms with Crippen LogP contribution in [0.5, 0.6) is 5.75 Å². The minimum atomic E-state index is -7.40. The molecule has 1 aliphatic heterocycles. The SMILES string of the molecule is CC1(C)OB(c2ccc(-c3cc(-c4ccccn4)nc4ccccc34)cc2)OC1(C)C.O=S(=O)(Oc1ccc(-c2cccc3c2-c2ccccc2C32c3ccccc3-c3ccccc32)cc1)C(F)(F)C(F)(F)C(F)(F)C(F)(F)F.c1ccc(-c2cc(-c3ccc(-c4ccc(-c5cccc6c5-c5ccccc5C65c6ccccc6-c6ccccc65)cc4)cc3)c3ccccc3n2)nc1. The second-order valence-corrected chi connectivity index (χ2v) is 36.0. The average molecular weight is 1770 g/mol. The van der Waals surface area contributed by atoms with E-state index in [1.807, 2.05) is 140 Å². The van der Waals surface area contributed by atoms with Gasteiger partial charge in [0.2, 0.25) is 0 Å². The van der Waals surface area contributed by atoms with Crippen LogP contribution in [0, 0.1) is 0 Å². The number of fused-ring (bicyclic) bond motifs is 22. The predicted octanol–water partition coefficient (Wildman–Crippen LogP) is 27.7. The predicted molar refractivity (Wildman–Crippen MR) is 502 cm³/mol. The summed E-state index contributed by atoms with van der Waals surface area (Å²) < 4.78 is 161. The Hall–Kier alpha value is -14.7. The molecule has 5 heterocycles. The Morgan fingerprint density at radius 1 is 0.295 bits per heavy atom. The maximum atomic E-state index is 14.2. The van der Waals surface area contributed by atoms with Gasteiger partial charge in [0.05, 0.1) is 55.8 Å². The zero-order valence-corrected chi connectivity index (χ0v) is 72.0. The molecule has 0 unspecified atom stereocenters. The maximum absolute atomic E-state index is 14.2. The van der Waals surface area contributed by atoms with Crippen molar-refractivity contribution in [2.75, 3.05) is 0 Å². The van der Waals surface area contributed by atoms with Crippen molar-refractivity contribution in [3.05, 3.63) is 433 Å². The number of hydrogen-bond acceptors (Lipinski definition) is 9. The summed E-state index contributed by atoms with van der Waals surface area (Å²) in [4.78, 5) is 18.8.